The number of likely N-dealkylation sites (tertiary alicyclic amines) is 1. The molecule has 6 nitrogen and oxygen atoms in total. The van der Waals surface area contributed by atoms with E-state index in [1.807, 2.05) is 0 Å². The maximum atomic E-state index is 12.2. The largest absolute Gasteiger partial charge is 0.356 e. The molecule has 0 unspecified atom stereocenters. The minimum absolute atomic E-state index is 0.0101. The van der Waals surface area contributed by atoms with Crippen LogP contribution in [0.3, 0.4) is 0 Å². The molecule has 1 heterocycles. The van der Waals surface area contributed by atoms with Crippen molar-refractivity contribution >= 4 is 23.3 Å². The number of hydrogen-bond donors (Lipinski definition) is 2. The van der Waals surface area contributed by atoms with Crippen LogP contribution in [0, 0.1) is 5.92 Å². The Morgan fingerprint density at radius 1 is 1.07 bits per heavy atom. The molecular formula is C22H33N3O3. The van der Waals surface area contributed by atoms with E-state index in [1.54, 1.807) is 24.3 Å². The topological polar surface area (TPSA) is 78.5 Å². The first kappa shape index (κ1) is 22.1. The van der Waals surface area contributed by atoms with E-state index in [9.17, 15) is 14.4 Å². The van der Waals surface area contributed by atoms with Gasteiger partial charge in [0.05, 0.1) is 0 Å². The monoisotopic (exact) mass is 387 g/mol. The molecule has 1 aliphatic rings. The van der Waals surface area contributed by atoms with Crippen LogP contribution in [0.25, 0.3) is 0 Å². The van der Waals surface area contributed by atoms with Crippen LogP contribution >= 0.6 is 0 Å². The van der Waals surface area contributed by atoms with Crippen molar-refractivity contribution in [3.63, 3.8) is 0 Å². The number of rotatable bonds is 10. The molecular weight excluding hydrogens is 354 g/mol. The molecule has 6 heteroatoms. The summed E-state index contributed by atoms with van der Waals surface area (Å²) in [5.41, 5.74) is 1.34. The number of carbonyl (C=O) groups is 3. The fourth-order valence-corrected chi connectivity index (χ4v) is 3.42. The van der Waals surface area contributed by atoms with Gasteiger partial charge in [0.25, 0.3) is 0 Å². The van der Waals surface area contributed by atoms with Gasteiger partial charge in [-0.05, 0) is 63.5 Å². The molecule has 1 aliphatic heterocycles. The van der Waals surface area contributed by atoms with Gasteiger partial charge in [0, 0.05) is 36.7 Å². The molecule has 0 radical (unpaired) electrons. The molecule has 2 amide bonds. The fourth-order valence-electron chi connectivity index (χ4n) is 3.42. The van der Waals surface area contributed by atoms with Crippen LogP contribution in [0.15, 0.2) is 24.3 Å². The maximum absolute atomic E-state index is 12.2. The van der Waals surface area contributed by atoms with E-state index in [4.69, 9.17) is 0 Å². The SMILES string of the molecule is CCCCCNC(=O)C1CCN(CCC(=O)Nc2ccc(C(C)=O)cc2)CC1. The highest BCUT2D eigenvalue weighted by Crippen LogP contribution is 2.18. The van der Waals surface area contributed by atoms with Gasteiger partial charge in [-0.3, -0.25) is 14.4 Å². The number of Topliss-reactive ketones (excluding diaryl/α,β-unsaturated/α-hetero) is 1. The molecule has 0 bridgehead atoms. The van der Waals surface area contributed by atoms with Crippen molar-refractivity contribution in [3.05, 3.63) is 29.8 Å². The Morgan fingerprint density at radius 3 is 2.36 bits per heavy atom. The minimum atomic E-state index is -0.0358. The second kappa shape index (κ2) is 11.6. The normalized spacial score (nSPS) is 15.2. The van der Waals surface area contributed by atoms with E-state index in [1.165, 1.54) is 6.92 Å². The van der Waals surface area contributed by atoms with Crippen LogP contribution < -0.4 is 10.6 Å². The quantitative estimate of drug-likeness (QED) is 0.477. The summed E-state index contributed by atoms with van der Waals surface area (Å²) in [5.74, 6) is 0.260. The molecule has 0 aromatic heterocycles. The predicted octanol–water partition coefficient (Wildman–Crippen LogP) is 3.24. The third-order valence-corrected chi connectivity index (χ3v) is 5.27. The Kier molecular flexibility index (Phi) is 9.14. The van der Waals surface area contributed by atoms with Crippen molar-refractivity contribution in [2.75, 3.05) is 31.5 Å². The van der Waals surface area contributed by atoms with Crippen molar-refractivity contribution in [1.82, 2.24) is 10.2 Å². The van der Waals surface area contributed by atoms with Crippen molar-refractivity contribution in [2.45, 2.75) is 52.4 Å². The average molecular weight is 388 g/mol. The fraction of sp³-hybridized carbons (Fsp3) is 0.591. The van der Waals surface area contributed by atoms with E-state index < -0.39 is 0 Å². The highest BCUT2D eigenvalue weighted by atomic mass is 16.2. The first-order valence-corrected chi connectivity index (χ1v) is 10.4. The van der Waals surface area contributed by atoms with E-state index in [2.05, 4.69) is 22.5 Å². The summed E-state index contributed by atoms with van der Waals surface area (Å²) in [6.45, 7) is 6.86. The van der Waals surface area contributed by atoms with Gasteiger partial charge < -0.3 is 15.5 Å². The number of amides is 2. The standard InChI is InChI=1S/C22H33N3O3/c1-3-4-5-13-23-22(28)19-10-14-25(15-11-19)16-12-21(27)24-20-8-6-18(7-9-20)17(2)26/h6-9,19H,3-5,10-16H2,1-2H3,(H,23,28)(H,24,27). The molecule has 1 saturated heterocycles. The van der Waals surface area contributed by atoms with Crippen LogP contribution in [-0.4, -0.2) is 48.7 Å². The van der Waals surface area contributed by atoms with Crippen molar-refractivity contribution in [1.29, 1.82) is 0 Å². The average Bonchev–Trinajstić information content (AvgIpc) is 2.70. The molecule has 28 heavy (non-hydrogen) atoms. The third-order valence-electron chi connectivity index (χ3n) is 5.27. The minimum Gasteiger partial charge on any atom is -0.356 e. The van der Waals surface area contributed by atoms with Crippen LogP contribution in [-0.2, 0) is 9.59 Å². The highest BCUT2D eigenvalue weighted by molar-refractivity contribution is 5.95. The van der Waals surface area contributed by atoms with Crippen LogP contribution in [0.1, 0.15) is 62.7 Å². The number of benzene rings is 1. The van der Waals surface area contributed by atoms with Crippen molar-refractivity contribution in [3.8, 4) is 0 Å². The Hall–Kier alpha value is -2.21. The van der Waals surface area contributed by atoms with Crippen molar-refractivity contribution < 1.29 is 14.4 Å². The van der Waals surface area contributed by atoms with Gasteiger partial charge in [-0.2, -0.15) is 0 Å². The van der Waals surface area contributed by atoms with Gasteiger partial charge in [-0.25, -0.2) is 0 Å². The molecule has 1 aromatic carbocycles. The number of unbranched alkanes of at least 4 members (excludes halogenated alkanes) is 2. The van der Waals surface area contributed by atoms with Gasteiger partial charge in [-0.1, -0.05) is 19.8 Å². The smallest absolute Gasteiger partial charge is 0.225 e. The zero-order valence-corrected chi connectivity index (χ0v) is 17.1. The lowest BCUT2D eigenvalue weighted by Crippen LogP contribution is -2.41. The predicted molar refractivity (Wildman–Crippen MR) is 111 cm³/mol. The lowest BCUT2D eigenvalue weighted by Gasteiger charge is -2.31. The zero-order valence-electron chi connectivity index (χ0n) is 17.1. The summed E-state index contributed by atoms with van der Waals surface area (Å²) in [7, 11) is 0. The molecule has 0 spiro atoms. The molecule has 1 fully saturated rings. The Morgan fingerprint density at radius 2 is 1.75 bits per heavy atom. The number of piperidine rings is 1. The van der Waals surface area contributed by atoms with Crippen LogP contribution in [0.5, 0.6) is 0 Å². The Bertz CT molecular complexity index is 649. The molecule has 1 aromatic rings. The molecule has 0 saturated carbocycles. The molecule has 0 aliphatic carbocycles. The molecule has 2 rings (SSSR count). The van der Waals surface area contributed by atoms with Crippen LogP contribution in [0.4, 0.5) is 5.69 Å². The Balaban J connectivity index is 1.64. The van der Waals surface area contributed by atoms with E-state index in [-0.39, 0.29) is 23.5 Å². The second-order valence-corrected chi connectivity index (χ2v) is 7.55. The third kappa shape index (κ3) is 7.43. The summed E-state index contributed by atoms with van der Waals surface area (Å²) >= 11 is 0. The van der Waals surface area contributed by atoms with Gasteiger partial charge in [0.2, 0.25) is 11.8 Å². The number of carbonyl (C=O) groups excluding carboxylic acids is 3. The maximum Gasteiger partial charge on any atom is 0.225 e. The number of nitrogens with one attached hydrogen (secondary N) is 2. The molecule has 2 N–H and O–H groups in total. The Labute approximate surface area is 168 Å². The molecule has 0 atom stereocenters. The second-order valence-electron chi connectivity index (χ2n) is 7.55. The molecule has 154 valence electrons. The van der Waals surface area contributed by atoms with Gasteiger partial charge in [0.15, 0.2) is 5.78 Å². The van der Waals surface area contributed by atoms with Gasteiger partial charge >= 0.3 is 0 Å². The van der Waals surface area contributed by atoms with Gasteiger partial charge in [0.1, 0.15) is 0 Å². The van der Waals surface area contributed by atoms with E-state index in [0.29, 0.717) is 24.2 Å². The summed E-state index contributed by atoms with van der Waals surface area (Å²) in [6.07, 6.45) is 5.49. The van der Waals surface area contributed by atoms with Crippen LogP contribution in [0.2, 0.25) is 0 Å². The van der Waals surface area contributed by atoms with E-state index in [0.717, 1.165) is 51.7 Å². The summed E-state index contributed by atoms with van der Waals surface area (Å²) in [5, 5.41) is 5.91. The first-order valence-electron chi connectivity index (χ1n) is 10.4. The van der Waals surface area contributed by atoms with E-state index >= 15 is 0 Å². The van der Waals surface area contributed by atoms with Gasteiger partial charge in [-0.15, -0.1) is 0 Å². The lowest BCUT2D eigenvalue weighted by molar-refractivity contribution is -0.126. The number of hydrogen-bond acceptors (Lipinski definition) is 4. The highest BCUT2D eigenvalue weighted by Gasteiger charge is 2.24. The first-order chi connectivity index (χ1) is 13.5. The number of anilines is 1. The van der Waals surface area contributed by atoms with Crippen molar-refractivity contribution in [2.24, 2.45) is 5.92 Å². The number of nitrogens with zero attached hydrogens (tertiary/aromatic N) is 1. The summed E-state index contributed by atoms with van der Waals surface area (Å²) in [4.78, 5) is 37.9. The summed E-state index contributed by atoms with van der Waals surface area (Å²) in [6, 6.07) is 6.94. The summed E-state index contributed by atoms with van der Waals surface area (Å²) < 4.78 is 0. The lowest BCUT2D eigenvalue weighted by atomic mass is 9.95. The number of ketones is 1. The zero-order chi connectivity index (χ0) is 20.4.